The number of allylic oxidation sites excluding steroid dienone is 3. The van der Waals surface area contributed by atoms with Gasteiger partial charge in [-0.25, -0.2) is 9.80 Å². The monoisotopic (exact) mass is 378 g/mol. The number of aliphatic imine (C=N–C) groups is 1. The maximum atomic E-state index is 12.7. The lowest BCUT2D eigenvalue weighted by Gasteiger charge is -2.11. The molecule has 144 valence electrons. The topological polar surface area (TPSA) is 57.1 Å². The summed E-state index contributed by atoms with van der Waals surface area (Å²) in [7, 11) is 0. The molecule has 1 heterocycles. The molecule has 2 amide bonds. The fraction of sp³-hybridized carbons (Fsp3) is 0.316. The Labute approximate surface area is 156 Å². The number of nitrogens with one attached hydrogen (secondary N) is 1. The number of halogens is 3. The lowest BCUT2D eigenvalue weighted by Crippen LogP contribution is -2.36. The Bertz CT molecular complexity index is 777. The normalized spacial score (nSPS) is 15.7. The van der Waals surface area contributed by atoms with E-state index in [4.69, 9.17) is 0 Å². The zero-order chi connectivity index (χ0) is 19.9. The van der Waals surface area contributed by atoms with Gasteiger partial charge in [-0.3, -0.25) is 4.99 Å². The SMILES string of the molecule is C\C=C/C(=C\N=C\CNC(=O)N1CCC(c2ccc(C)cc2)=N1)C(F)(F)F. The third kappa shape index (κ3) is 6.09. The summed E-state index contributed by atoms with van der Waals surface area (Å²) in [5.41, 5.74) is 2.07. The van der Waals surface area contributed by atoms with Crippen molar-refractivity contribution in [1.29, 1.82) is 0 Å². The molecule has 0 bridgehead atoms. The van der Waals surface area contributed by atoms with Gasteiger partial charge in [0.25, 0.3) is 0 Å². The van der Waals surface area contributed by atoms with Gasteiger partial charge in [0, 0.05) is 18.8 Å². The molecule has 2 rings (SSSR count). The summed E-state index contributed by atoms with van der Waals surface area (Å²) in [5.74, 6) is 0. The number of hydrazone groups is 1. The highest BCUT2D eigenvalue weighted by molar-refractivity contribution is 6.02. The zero-order valence-corrected chi connectivity index (χ0v) is 15.1. The molecule has 8 heteroatoms. The van der Waals surface area contributed by atoms with Gasteiger partial charge in [-0.05, 0) is 19.4 Å². The Hall–Kier alpha value is -2.90. The average molecular weight is 378 g/mol. The van der Waals surface area contributed by atoms with Crippen LogP contribution in [0.4, 0.5) is 18.0 Å². The highest BCUT2D eigenvalue weighted by Gasteiger charge is 2.31. The molecule has 1 aliphatic rings. The second kappa shape index (κ2) is 9.16. The summed E-state index contributed by atoms with van der Waals surface area (Å²) >= 11 is 0. The fourth-order valence-corrected chi connectivity index (χ4v) is 2.35. The summed E-state index contributed by atoms with van der Waals surface area (Å²) in [6.07, 6.45) is 0.313. The van der Waals surface area contributed by atoms with E-state index in [9.17, 15) is 18.0 Å². The van der Waals surface area contributed by atoms with Crippen molar-refractivity contribution in [3.63, 3.8) is 0 Å². The largest absolute Gasteiger partial charge is 0.417 e. The van der Waals surface area contributed by atoms with Crippen molar-refractivity contribution in [2.75, 3.05) is 13.1 Å². The molecule has 1 aliphatic heterocycles. The van der Waals surface area contributed by atoms with E-state index in [1.807, 2.05) is 31.2 Å². The van der Waals surface area contributed by atoms with Gasteiger partial charge in [0.05, 0.1) is 24.4 Å². The van der Waals surface area contributed by atoms with Crippen molar-refractivity contribution in [2.45, 2.75) is 26.4 Å². The highest BCUT2D eigenvalue weighted by Crippen LogP contribution is 2.26. The number of hydrogen-bond donors (Lipinski definition) is 1. The fourth-order valence-electron chi connectivity index (χ4n) is 2.35. The Morgan fingerprint density at radius 2 is 2.04 bits per heavy atom. The van der Waals surface area contributed by atoms with Crippen LogP contribution in [-0.4, -0.2) is 42.2 Å². The zero-order valence-electron chi connectivity index (χ0n) is 15.1. The van der Waals surface area contributed by atoms with Crippen molar-refractivity contribution < 1.29 is 18.0 Å². The lowest BCUT2D eigenvalue weighted by molar-refractivity contribution is -0.0883. The van der Waals surface area contributed by atoms with Gasteiger partial charge in [-0.1, -0.05) is 42.0 Å². The molecule has 0 fully saturated rings. The molecule has 0 aromatic heterocycles. The number of amides is 2. The van der Waals surface area contributed by atoms with Crippen LogP contribution in [0.5, 0.6) is 0 Å². The first kappa shape index (κ1) is 20.4. The molecular weight excluding hydrogens is 357 g/mol. The first-order valence-corrected chi connectivity index (χ1v) is 8.43. The number of carbonyl (C=O) groups excluding carboxylic acids is 1. The number of carbonyl (C=O) groups is 1. The number of nitrogens with zero attached hydrogens (tertiary/aromatic N) is 3. The molecule has 1 aromatic carbocycles. The quantitative estimate of drug-likeness (QED) is 0.606. The van der Waals surface area contributed by atoms with Crippen LogP contribution in [0.3, 0.4) is 0 Å². The second-order valence-electron chi connectivity index (χ2n) is 5.89. The van der Waals surface area contributed by atoms with E-state index in [-0.39, 0.29) is 6.54 Å². The summed E-state index contributed by atoms with van der Waals surface area (Å²) in [6, 6.07) is 7.45. The Kier molecular flexibility index (Phi) is 6.92. The summed E-state index contributed by atoms with van der Waals surface area (Å²) in [5, 5.41) is 8.15. The third-order valence-electron chi connectivity index (χ3n) is 3.76. The Morgan fingerprint density at radius 1 is 1.33 bits per heavy atom. The van der Waals surface area contributed by atoms with Gasteiger partial charge < -0.3 is 5.32 Å². The Balaban J connectivity index is 1.88. The van der Waals surface area contributed by atoms with Gasteiger partial charge in [-0.15, -0.1) is 0 Å². The standard InChI is InChI=1S/C19H21F3N4O/c1-3-4-16(19(20,21)22)13-23-10-11-24-18(27)26-12-9-17(25-26)15-7-5-14(2)6-8-15/h3-8,10,13H,9,11-12H2,1-2H3,(H,24,27)/b4-3-,16-13+,23-10+. The molecule has 27 heavy (non-hydrogen) atoms. The molecule has 0 spiro atoms. The van der Waals surface area contributed by atoms with Gasteiger partial charge in [0.1, 0.15) is 0 Å². The molecule has 1 N–H and O–H groups in total. The first-order chi connectivity index (χ1) is 12.8. The van der Waals surface area contributed by atoms with E-state index < -0.39 is 17.8 Å². The van der Waals surface area contributed by atoms with Crippen LogP contribution in [0, 0.1) is 6.92 Å². The average Bonchev–Trinajstić information content (AvgIpc) is 3.10. The maximum absolute atomic E-state index is 12.7. The van der Waals surface area contributed by atoms with Crippen LogP contribution in [0.25, 0.3) is 0 Å². The van der Waals surface area contributed by atoms with Crippen molar-refractivity contribution >= 4 is 18.0 Å². The van der Waals surface area contributed by atoms with Gasteiger partial charge in [0.2, 0.25) is 0 Å². The molecule has 1 aromatic rings. The highest BCUT2D eigenvalue weighted by atomic mass is 19.4. The van der Waals surface area contributed by atoms with E-state index in [2.05, 4.69) is 15.4 Å². The summed E-state index contributed by atoms with van der Waals surface area (Å²) in [4.78, 5) is 15.7. The van der Waals surface area contributed by atoms with Crippen LogP contribution in [0.1, 0.15) is 24.5 Å². The predicted molar refractivity (Wildman–Crippen MR) is 99.9 cm³/mol. The number of benzene rings is 1. The Morgan fingerprint density at radius 3 is 2.67 bits per heavy atom. The van der Waals surface area contributed by atoms with Gasteiger partial charge in [0.15, 0.2) is 0 Å². The molecular formula is C19H21F3N4O. The number of rotatable bonds is 5. The number of urea groups is 1. The number of aryl methyl sites for hydroxylation is 1. The van der Waals surface area contributed by atoms with Crippen LogP contribution in [-0.2, 0) is 0 Å². The van der Waals surface area contributed by atoms with Crippen molar-refractivity contribution in [3.8, 4) is 0 Å². The first-order valence-electron chi connectivity index (χ1n) is 8.43. The van der Waals surface area contributed by atoms with Crippen LogP contribution in [0.15, 0.2) is 58.3 Å². The van der Waals surface area contributed by atoms with Gasteiger partial charge >= 0.3 is 12.2 Å². The number of hydrogen-bond acceptors (Lipinski definition) is 3. The smallest absolute Gasteiger partial charge is 0.331 e. The van der Waals surface area contributed by atoms with Crippen LogP contribution >= 0.6 is 0 Å². The summed E-state index contributed by atoms with van der Waals surface area (Å²) in [6.45, 7) is 3.94. The van der Waals surface area contributed by atoms with Crippen molar-refractivity contribution in [3.05, 3.63) is 59.3 Å². The van der Waals surface area contributed by atoms with E-state index in [1.54, 1.807) is 0 Å². The molecule has 0 atom stereocenters. The molecule has 0 unspecified atom stereocenters. The van der Waals surface area contributed by atoms with E-state index in [1.165, 1.54) is 24.2 Å². The number of alkyl halides is 3. The lowest BCUT2D eigenvalue weighted by atomic mass is 10.1. The predicted octanol–water partition coefficient (Wildman–Crippen LogP) is 4.21. The minimum atomic E-state index is -4.47. The van der Waals surface area contributed by atoms with Gasteiger partial charge in [-0.2, -0.15) is 18.3 Å². The summed E-state index contributed by atoms with van der Waals surface area (Å²) < 4.78 is 38.0. The van der Waals surface area contributed by atoms with E-state index >= 15 is 0 Å². The molecule has 0 saturated heterocycles. The van der Waals surface area contributed by atoms with Crippen LogP contribution in [0.2, 0.25) is 0 Å². The molecule has 0 radical (unpaired) electrons. The minimum Gasteiger partial charge on any atom is -0.331 e. The van der Waals surface area contributed by atoms with Crippen molar-refractivity contribution in [1.82, 2.24) is 10.3 Å². The van der Waals surface area contributed by atoms with Crippen molar-refractivity contribution in [2.24, 2.45) is 10.1 Å². The van der Waals surface area contributed by atoms with E-state index in [0.717, 1.165) is 29.1 Å². The van der Waals surface area contributed by atoms with Crippen LogP contribution < -0.4 is 5.32 Å². The molecule has 5 nitrogen and oxygen atoms in total. The van der Waals surface area contributed by atoms with E-state index in [0.29, 0.717) is 13.0 Å². The molecule has 0 saturated carbocycles. The minimum absolute atomic E-state index is 0.00218. The molecule has 0 aliphatic carbocycles. The second-order valence-corrected chi connectivity index (χ2v) is 5.89. The third-order valence-corrected chi connectivity index (χ3v) is 3.76. The maximum Gasteiger partial charge on any atom is 0.417 e.